The number of piperazine rings is 1. The fraction of sp³-hybridized carbons (Fsp3) is 0.350. The molecular formula is C20H20BrF3N2O3. The zero-order valence-electron chi connectivity index (χ0n) is 15.4. The van der Waals surface area contributed by atoms with E-state index in [9.17, 15) is 23.1 Å². The molecule has 0 radical (unpaired) electrons. The van der Waals surface area contributed by atoms with E-state index in [0.29, 0.717) is 28.9 Å². The van der Waals surface area contributed by atoms with E-state index in [2.05, 4.69) is 26.1 Å². The first-order chi connectivity index (χ1) is 13.8. The molecule has 1 aliphatic rings. The van der Waals surface area contributed by atoms with Gasteiger partial charge in [0.2, 0.25) is 0 Å². The molecule has 156 valence electrons. The van der Waals surface area contributed by atoms with E-state index in [1.807, 2.05) is 0 Å². The molecule has 0 aliphatic carbocycles. The summed E-state index contributed by atoms with van der Waals surface area (Å²) in [6, 6.07) is 7.50. The van der Waals surface area contributed by atoms with Crippen molar-refractivity contribution >= 4 is 21.9 Å². The smallest absolute Gasteiger partial charge is 0.416 e. The van der Waals surface area contributed by atoms with Gasteiger partial charge in [0.05, 0.1) is 15.6 Å². The number of alkyl halides is 3. The Morgan fingerprint density at radius 2 is 1.93 bits per heavy atom. The van der Waals surface area contributed by atoms with E-state index in [4.69, 9.17) is 4.74 Å². The van der Waals surface area contributed by atoms with Crippen LogP contribution in [0.25, 0.3) is 11.1 Å². The molecule has 0 bridgehead atoms. The summed E-state index contributed by atoms with van der Waals surface area (Å²) < 4.78 is 45.7. The predicted octanol–water partition coefficient (Wildman–Crippen LogP) is 4.12. The number of rotatable bonds is 6. The largest absolute Gasteiger partial charge is 0.490 e. The van der Waals surface area contributed by atoms with Crippen LogP contribution < -0.4 is 10.1 Å². The van der Waals surface area contributed by atoms with Crippen molar-refractivity contribution in [3.63, 3.8) is 0 Å². The maximum atomic E-state index is 13.1. The van der Waals surface area contributed by atoms with Crippen LogP contribution in [0.5, 0.6) is 5.75 Å². The summed E-state index contributed by atoms with van der Waals surface area (Å²) in [5.74, 6) is -0.851. The zero-order valence-corrected chi connectivity index (χ0v) is 17.0. The van der Waals surface area contributed by atoms with Crippen molar-refractivity contribution in [3.8, 4) is 16.9 Å². The molecule has 0 amide bonds. The highest BCUT2D eigenvalue weighted by Crippen LogP contribution is 2.40. The molecule has 0 atom stereocenters. The van der Waals surface area contributed by atoms with Gasteiger partial charge in [0, 0.05) is 38.3 Å². The summed E-state index contributed by atoms with van der Waals surface area (Å²) in [5, 5.41) is 12.6. The SMILES string of the molecule is O=C(O)c1cc(Br)c(OCCN2CCNCC2)c(-c2cccc(C(F)(F)F)c2)c1. The fourth-order valence-electron chi connectivity index (χ4n) is 3.15. The summed E-state index contributed by atoms with van der Waals surface area (Å²) >= 11 is 3.31. The van der Waals surface area contributed by atoms with Gasteiger partial charge in [0.1, 0.15) is 12.4 Å². The maximum absolute atomic E-state index is 13.1. The van der Waals surface area contributed by atoms with E-state index in [1.165, 1.54) is 24.3 Å². The zero-order chi connectivity index (χ0) is 21.0. The van der Waals surface area contributed by atoms with Crippen LogP contribution in [-0.4, -0.2) is 55.3 Å². The number of carboxylic acids is 1. The molecule has 0 unspecified atom stereocenters. The summed E-state index contributed by atoms with van der Waals surface area (Å²) in [7, 11) is 0. The van der Waals surface area contributed by atoms with Gasteiger partial charge >= 0.3 is 12.1 Å². The molecule has 9 heteroatoms. The Hall–Kier alpha value is -2.10. The molecule has 0 spiro atoms. The minimum Gasteiger partial charge on any atom is -0.490 e. The van der Waals surface area contributed by atoms with Gasteiger partial charge in [-0.1, -0.05) is 12.1 Å². The highest BCUT2D eigenvalue weighted by molar-refractivity contribution is 9.10. The van der Waals surface area contributed by atoms with Gasteiger partial charge in [-0.05, 0) is 45.8 Å². The summed E-state index contributed by atoms with van der Waals surface area (Å²) in [6.07, 6.45) is -4.50. The van der Waals surface area contributed by atoms with Crippen molar-refractivity contribution in [2.45, 2.75) is 6.18 Å². The Morgan fingerprint density at radius 3 is 2.59 bits per heavy atom. The summed E-state index contributed by atoms with van der Waals surface area (Å²) in [5.41, 5.74) is -0.318. The molecule has 1 saturated heterocycles. The van der Waals surface area contributed by atoms with Crippen LogP contribution in [0.2, 0.25) is 0 Å². The highest BCUT2D eigenvalue weighted by Gasteiger charge is 2.31. The number of aromatic carboxylic acids is 1. The molecular weight excluding hydrogens is 453 g/mol. The van der Waals surface area contributed by atoms with Gasteiger partial charge < -0.3 is 15.2 Å². The third kappa shape index (κ3) is 5.49. The Labute approximate surface area is 174 Å². The quantitative estimate of drug-likeness (QED) is 0.662. The molecule has 0 aromatic heterocycles. The van der Waals surface area contributed by atoms with Gasteiger partial charge in [0.25, 0.3) is 0 Å². The lowest BCUT2D eigenvalue weighted by Gasteiger charge is -2.27. The van der Waals surface area contributed by atoms with Crippen LogP contribution >= 0.6 is 15.9 Å². The number of halogens is 4. The van der Waals surface area contributed by atoms with Crippen molar-refractivity contribution in [1.82, 2.24) is 10.2 Å². The van der Waals surface area contributed by atoms with Crippen LogP contribution in [0.4, 0.5) is 13.2 Å². The van der Waals surface area contributed by atoms with Crippen LogP contribution in [-0.2, 0) is 6.18 Å². The van der Waals surface area contributed by atoms with Gasteiger partial charge in [-0.25, -0.2) is 4.79 Å². The lowest BCUT2D eigenvalue weighted by molar-refractivity contribution is -0.137. The number of benzene rings is 2. The normalized spacial score (nSPS) is 15.3. The number of carboxylic acid groups (broad SMARTS) is 1. The first kappa shape index (κ1) is 21.6. The number of hydrogen-bond acceptors (Lipinski definition) is 4. The van der Waals surface area contributed by atoms with Gasteiger partial charge in [-0.15, -0.1) is 0 Å². The van der Waals surface area contributed by atoms with E-state index in [0.717, 1.165) is 38.3 Å². The van der Waals surface area contributed by atoms with Crippen molar-refractivity contribution < 1.29 is 27.8 Å². The highest BCUT2D eigenvalue weighted by atomic mass is 79.9. The van der Waals surface area contributed by atoms with E-state index in [1.54, 1.807) is 0 Å². The monoisotopic (exact) mass is 472 g/mol. The lowest BCUT2D eigenvalue weighted by Crippen LogP contribution is -2.44. The number of ether oxygens (including phenoxy) is 1. The molecule has 2 N–H and O–H groups in total. The minimum absolute atomic E-state index is 0.0428. The van der Waals surface area contributed by atoms with Crippen molar-refractivity contribution in [3.05, 3.63) is 52.0 Å². The van der Waals surface area contributed by atoms with Crippen LogP contribution in [0, 0.1) is 0 Å². The van der Waals surface area contributed by atoms with Crippen LogP contribution in [0.15, 0.2) is 40.9 Å². The van der Waals surface area contributed by atoms with Gasteiger partial charge in [0.15, 0.2) is 0 Å². The predicted molar refractivity (Wildman–Crippen MR) is 106 cm³/mol. The molecule has 1 aliphatic heterocycles. The molecule has 1 heterocycles. The first-order valence-corrected chi connectivity index (χ1v) is 9.85. The molecule has 0 saturated carbocycles. The topological polar surface area (TPSA) is 61.8 Å². The first-order valence-electron chi connectivity index (χ1n) is 9.06. The van der Waals surface area contributed by atoms with Crippen molar-refractivity contribution in [2.24, 2.45) is 0 Å². The van der Waals surface area contributed by atoms with E-state index < -0.39 is 17.7 Å². The Balaban J connectivity index is 1.92. The Kier molecular flexibility index (Phi) is 6.81. The molecule has 2 aromatic carbocycles. The second kappa shape index (κ2) is 9.15. The third-order valence-electron chi connectivity index (χ3n) is 4.65. The average Bonchev–Trinajstić information content (AvgIpc) is 2.69. The number of carbonyl (C=O) groups is 1. The number of hydrogen-bond donors (Lipinski definition) is 2. The fourth-order valence-corrected chi connectivity index (χ4v) is 3.73. The van der Waals surface area contributed by atoms with E-state index >= 15 is 0 Å². The van der Waals surface area contributed by atoms with Crippen LogP contribution in [0.1, 0.15) is 15.9 Å². The lowest BCUT2D eigenvalue weighted by atomic mass is 9.99. The standard InChI is InChI=1S/C20H20BrF3N2O3/c21-17-12-14(19(27)28)11-16(13-2-1-3-15(10-13)20(22,23)24)18(17)29-9-8-26-6-4-25-5-7-26/h1-3,10-12,25H,4-9H2,(H,27,28). The second-order valence-electron chi connectivity index (χ2n) is 6.66. The van der Waals surface area contributed by atoms with Gasteiger partial charge in [-0.2, -0.15) is 13.2 Å². The molecule has 2 aromatic rings. The number of nitrogens with zero attached hydrogens (tertiary/aromatic N) is 1. The Bertz CT molecular complexity index is 884. The minimum atomic E-state index is -4.50. The Morgan fingerprint density at radius 1 is 1.21 bits per heavy atom. The van der Waals surface area contributed by atoms with Crippen molar-refractivity contribution in [1.29, 1.82) is 0 Å². The van der Waals surface area contributed by atoms with Crippen molar-refractivity contribution in [2.75, 3.05) is 39.3 Å². The number of nitrogens with one attached hydrogen (secondary N) is 1. The van der Waals surface area contributed by atoms with E-state index in [-0.39, 0.29) is 11.1 Å². The summed E-state index contributed by atoms with van der Waals surface area (Å²) in [4.78, 5) is 13.7. The summed E-state index contributed by atoms with van der Waals surface area (Å²) in [6.45, 7) is 4.57. The molecule has 5 nitrogen and oxygen atoms in total. The second-order valence-corrected chi connectivity index (χ2v) is 7.51. The molecule has 29 heavy (non-hydrogen) atoms. The third-order valence-corrected chi connectivity index (χ3v) is 5.24. The average molecular weight is 473 g/mol. The van der Waals surface area contributed by atoms with Crippen LogP contribution in [0.3, 0.4) is 0 Å². The van der Waals surface area contributed by atoms with Gasteiger partial charge in [-0.3, -0.25) is 4.90 Å². The molecule has 3 rings (SSSR count). The maximum Gasteiger partial charge on any atom is 0.416 e. The molecule has 1 fully saturated rings.